The maximum atomic E-state index is 12.9. The molecule has 2 aliphatic heterocycles. The fourth-order valence-electron chi connectivity index (χ4n) is 3.87. The summed E-state index contributed by atoms with van der Waals surface area (Å²) in [4.78, 5) is 40.5. The molecule has 1 fully saturated rings. The summed E-state index contributed by atoms with van der Waals surface area (Å²) in [6, 6.07) is 8.19. The van der Waals surface area contributed by atoms with Gasteiger partial charge in [0.2, 0.25) is 5.91 Å². The number of amides is 2. The number of aliphatic carboxylic acids is 1. The number of halogens is 4. The van der Waals surface area contributed by atoms with E-state index < -0.39 is 23.3 Å². The molecule has 1 aromatic heterocycles. The van der Waals surface area contributed by atoms with E-state index in [9.17, 15) is 19.5 Å². The molecule has 0 aliphatic carbocycles. The number of carbonyl (C=O) groups excluding carboxylic acids is 2. The second kappa shape index (κ2) is 15.6. The number of nitrogens with two attached hydrogens (primary N) is 1. The molecule has 39 heavy (non-hydrogen) atoms. The highest BCUT2D eigenvalue weighted by molar-refractivity contribution is 8.01. The molecule has 0 radical (unpaired) electrons. The van der Waals surface area contributed by atoms with Gasteiger partial charge in [0, 0.05) is 44.9 Å². The van der Waals surface area contributed by atoms with Crippen molar-refractivity contribution in [1.82, 2.24) is 10.2 Å². The van der Waals surface area contributed by atoms with Crippen LogP contribution in [0.5, 0.6) is 0 Å². The fraction of sp³-hybridized carbons (Fsp3) is 0.333. The molecule has 4 N–H and O–H groups in total. The van der Waals surface area contributed by atoms with Gasteiger partial charge in [-0.05, 0) is 30.3 Å². The first-order chi connectivity index (χ1) is 17.8. The molecule has 0 saturated carbocycles. The molecule has 0 bridgehead atoms. The minimum absolute atomic E-state index is 0. The third kappa shape index (κ3) is 8.36. The Morgan fingerprint density at radius 3 is 2.59 bits per heavy atom. The van der Waals surface area contributed by atoms with E-state index in [1.807, 2.05) is 24.5 Å². The van der Waals surface area contributed by atoms with Crippen LogP contribution < -0.4 is 28.0 Å². The Bertz CT molecular complexity index is 1240. The van der Waals surface area contributed by atoms with Crippen LogP contribution in [0.4, 0.5) is 0 Å². The minimum Gasteiger partial charge on any atom is -1.00 e. The van der Waals surface area contributed by atoms with E-state index in [-0.39, 0.29) is 42.2 Å². The average Bonchev–Trinajstić information content (AvgIpc) is 2.89. The average molecular weight is 673 g/mol. The van der Waals surface area contributed by atoms with Gasteiger partial charge in [-0.1, -0.05) is 23.2 Å². The summed E-state index contributed by atoms with van der Waals surface area (Å²) >= 11 is 16.3. The monoisotopic (exact) mass is 670 g/mol. The van der Waals surface area contributed by atoms with E-state index in [0.717, 1.165) is 17.9 Å². The largest absolute Gasteiger partial charge is 1.00 e. The Morgan fingerprint density at radius 1 is 1.21 bits per heavy atom. The number of benzene rings is 1. The first kappa shape index (κ1) is 33.9. The van der Waals surface area contributed by atoms with Gasteiger partial charge in [-0.25, -0.2) is 9.36 Å². The number of carboxylic acids is 1. The Morgan fingerprint density at radius 2 is 1.92 bits per heavy atom. The number of nitrogens with one attached hydrogen (secondary N) is 1. The lowest BCUT2D eigenvalue weighted by Gasteiger charge is -2.49. The standard InChI is InChI=1S/C24H24Cl2N4O4S3.2ClH/c25-15-2-3-17(26)18(10-15)36-13-19(31)28-20-22(32)30-21(24(33)34)14(12-37-23(20)30)11-35-16-4-8-29(9-5-16)7-1-6-27;;/h2-5,8-10,20,23H,1,6-7,11-13,27H2,(H-,28,31,33,34);2*1H/t20-,23-;;/m1../s1. The SMILES string of the molecule is Cl.NCCC[n+]1ccc(SCC2=C(C(=O)O)N3C(=O)[C@@H](NC(=O)CSc4cc(Cl)ccc4Cl)[C@H]3SC2)cc1.[Cl-]. The predicted molar refractivity (Wildman–Crippen MR) is 155 cm³/mol. The number of thioether (sulfide) groups is 3. The van der Waals surface area contributed by atoms with Gasteiger partial charge in [0.25, 0.3) is 5.91 Å². The van der Waals surface area contributed by atoms with Crippen molar-refractivity contribution < 1.29 is 36.5 Å². The van der Waals surface area contributed by atoms with Crippen molar-refractivity contribution in [2.45, 2.75) is 34.2 Å². The number of β-lactam (4-membered cyclic amide) rings is 1. The van der Waals surface area contributed by atoms with Crippen molar-refractivity contribution in [3.05, 3.63) is 64.0 Å². The fourth-order valence-corrected chi connectivity index (χ4v) is 7.55. The van der Waals surface area contributed by atoms with Crippen LogP contribution in [-0.2, 0) is 20.9 Å². The van der Waals surface area contributed by atoms with Crippen LogP contribution in [0.25, 0.3) is 0 Å². The molecule has 8 nitrogen and oxygen atoms in total. The molecule has 4 rings (SSSR count). The molecule has 1 saturated heterocycles. The summed E-state index contributed by atoms with van der Waals surface area (Å²) in [5, 5.41) is 13.2. The number of carbonyl (C=O) groups is 3. The number of pyridine rings is 1. The van der Waals surface area contributed by atoms with E-state index in [4.69, 9.17) is 28.9 Å². The van der Waals surface area contributed by atoms with Gasteiger partial charge >= 0.3 is 5.97 Å². The highest BCUT2D eigenvalue weighted by Gasteiger charge is 2.54. The zero-order valence-electron chi connectivity index (χ0n) is 20.3. The van der Waals surface area contributed by atoms with Gasteiger partial charge in [-0.15, -0.1) is 47.7 Å². The lowest BCUT2D eigenvalue weighted by atomic mass is 10.0. The molecular formula is C24H26Cl4N4O4S3. The van der Waals surface area contributed by atoms with Gasteiger partial charge in [0.1, 0.15) is 23.7 Å². The topological polar surface area (TPSA) is 117 Å². The van der Waals surface area contributed by atoms with Gasteiger partial charge in [-0.2, -0.15) is 0 Å². The molecule has 2 amide bonds. The van der Waals surface area contributed by atoms with Crippen molar-refractivity contribution >= 4 is 88.7 Å². The van der Waals surface area contributed by atoms with Crippen molar-refractivity contribution in [2.24, 2.45) is 5.73 Å². The van der Waals surface area contributed by atoms with E-state index in [0.29, 0.717) is 38.6 Å². The molecule has 212 valence electrons. The van der Waals surface area contributed by atoms with Crippen molar-refractivity contribution in [3.63, 3.8) is 0 Å². The third-order valence-corrected chi connectivity index (χ3v) is 9.88. The van der Waals surface area contributed by atoms with Crippen LogP contribution in [-0.4, -0.2) is 63.0 Å². The lowest BCUT2D eigenvalue weighted by Crippen LogP contribution is -3.00. The predicted octanol–water partition coefficient (Wildman–Crippen LogP) is 0.679. The number of hydrogen-bond acceptors (Lipinski definition) is 7. The Labute approximate surface area is 261 Å². The van der Waals surface area contributed by atoms with Crippen LogP contribution in [0.1, 0.15) is 6.42 Å². The first-order valence-electron chi connectivity index (χ1n) is 11.4. The van der Waals surface area contributed by atoms with E-state index >= 15 is 0 Å². The van der Waals surface area contributed by atoms with Gasteiger partial charge in [0.05, 0.1) is 10.8 Å². The number of hydrogen-bond donors (Lipinski definition) is 3. The minimum atomic E-state index is -1.14. The molecule has 3 heterocycles. The maximum absolute atomic E-state index is 12.9. The smallest absolute Gasteiger partial charge is 0.352 e. The van der Waals surface area contributed by atoms with Crippen LogP contribution in [0.3, 0.4) is 0 Å². The Hall–Kier alpha value is -1.31. The highest BCUT2D eigenvalue weighted by atomic mass is 35.5. The maximum Gasteiger partial charge on any atom is 0.352 e. The summed E-state index contributed by atoms with van der Waals surface area (Å²) in [7, 11) is 0. The summed E-state index contributed by atoms with van der Waals surface area (Å²) in [6.45, 7) is 1.47. The second-order valence-electron chi connectivity index (χ2n) is 8.28. The summed E-state index contributed by atoms with van der Waals surface area (Å²) in [6.07, 6.45) is 4.84. The Kier molecular flexibility index (Phi) is 13.6. The van der Waals surface area contributed by atoms with Crippen molar-refractivity contribution in [2.75, 3.05) is 23.8 Å². The lowest BCUT2D eigenvalue weighted by molar-refractivity contribution is -0.697. The van der Waals surface area contributed by atoms with E-state index in [1.165, 1.54) is 40.2 Å². The summed E-state index contributed by atoms with van der Waals surface area (Å²) in [5.74, 6) is -0.935. The molecular weight excluding hydrogens is 646 g/mol. The number of rotatable bonds is 11. The summed E-state index contributed by atoms with van der Waals surface area (Å²) in [5.41, 5.74) is 6.25. The van der Waals surface area contributed by atoms with Crippen molar-refractivity contribution in [3.8, 4) is 0 Å². The Balaban J connectivity index is 0.00000267. The molecule has 2 atom stereocenters. The second-order valence-corrected chi connectivity index (χ2v) is 12.3. The third-order valence-electron chi connectivity index (χ3n) is 5.71. The molecule has 15 heteroatoms. The van der Waals surface area contributed by atoms with Crippen LogP contribution in [0.2, 0.25) is 10.0 Å². The van der Waals surface area contributed by atoms with E-state index in [1.54, 1.807) is 18.2 Å². The zero-order valence-corrected chi connectivity index (χ0v) is 25.9. The van der Waals surface area contributed by atoms with Crippen LogP contribution in [0, 0.1) is 0 Å². The molecule has 1 aromatic carbocycles. The quantitative estimate of drug-likeness (QED) is 0.182. The normalized spacial score (nSPS) is 17.9. The molecule has 2 aliphatic rings. The number of fused-ring (bicyclic) bond motifs is 1. The van der Waals surface area contributed by atoms with Crippen LogP contribution in [0.15, 0.2) is 63.8 Å². The molecule has 2 aromatic rings. The number of carboxylic acid groups (broad SMARTS) is 1. The van der Waals surface area contributed by atoms with Crippen molar-refractivity contribution in [1.29, 1.82) is 0 Å². The number of aromatic nitrogens is 1. The number of aryl methyl sites for hydroxylation is 1. The summed E-state index contributed by atoms with van der Waals surface area (Å²) < 4.78 is 2.05. The van der Waals surface area contributed by atoms with Gasteiger partial charge < -0.3 is 28.6 Å². The number of nitrogens with zero attached hydrogens (tertiary/aromatic N) is 2. The van der Waals surface area contributed by atoms with Gasteiger partial charge in [0.15, 0.2) is 12.4 Å². The highest BCUT2D eigenvalue weighted by Crippen LogP contribution is 2.41. The van der Waals surface area contributed by atoms with Gasteiger partial charge in [-0.3, -0.25) is 14.5 Å². The first-order valence-corrected chi connectivity index (χ1v) is 15.1. The zero-order chi connectivity index (χ0) is 26.5. The van der Waals surface area contributed by atoms with Crippen LogP contribution >= 0.6 is 70.9 Å². The van der Waals surface area contributed by atoms with E-state index in [2.05, 4.69) is 9.88 Å². The molecule has 0 spiro atoms. The molecule has 0 unspecified atom stereocenters.